The molecule has 19 heavy (non-hydrogen) atoms. The molecule has 0 amide bonds. The molecular weight excluding hydrogens is 243 g/mol. The van der Waals surface area contributed by atoms with E-state index in [9.17, 15) is 4.39 Å². The van der Waals surface area contributed by atoms with Crippen molar-refractivity contribution in [3.05, 3.63) is 47.8 Å². The highest BCUT2D eigenvalue weighted by Gasteiger charge is 2.05. The minimum Gasteiger partial charge on any atom is -0.306 e. The van der Waals surface area contributed by atoms with Crippen LogP contribution in [0.15, 0.2) is 30.6 Å². The topological polar surface area (TPSA) is 42.7 Å². The minimum absolute atomic E-state index is 0.206. The number of nitrogens with one attached hydrogen (secondary N) is 1. The van der Waals surface area contributed by atoms with Gasteiger partial charge in [0.05, 0.1) is 6.54 Å². The second kappa shape index (κ2) is 6.43. The molecule has 0 atom stereocenters. The van der Waals surface area contributed by atoms with Crippen LogP contribution < -0.4 is 5.32 Å². The van der Waals surface area contributed by atoms with Gasteiger partial charge in [-0.3, -0.25) is 0 Å². The molecule has 5 heteroatoms. The van der Waals surface area contributed by atoms with Gasteiger partial charge in [-0.1, -0.05) is 26.0 Å². The quantitative estimate of drug-likeness (QED) is 0.869. The number of benzene rings is 1. The van der Waals surface area contributed by atoms with Crippen molar-refractivity contribution in [2.45, 2.75) is 33.5 Å². The standard InChI is InChI=1S/C14H19FN4/c1-11(2)9-19-14(17-10-18-19)8-16-7-12-4-3-5-13(15)6-12/h3-6,10-11,16H,7-9H2,1-2H3. The van der Waals surface area contributed by atoms with Crippen LogP contribution in [-0.4, -0.2) is 14.8 Å². The molecule has 1 aromatic heterocycles. The summed E-state index contributed by atoms with van der Waals surface area (Å²) in [6, 6.07) is 6.59. The fourth-order valence-electron chi connectivity index (χ4n) is 1.89. The number of hydrogen-bond acceptors (Lipinski definition) is 3. The summed E-state index contributed by atoms with van der Waals surface area (Å²) in [7, 11) is 0. The summed E-state index contributed by atoms with van der Waals surface area (Å²) >= 11 is 0. The Morgan fingerprint density at radius 2 is 2.16 bits per heavy atom. The van der Waals surface area contributed by atoms with Gasteiger partial charge in [0.2, 0.25) is 0 Å². The van der Waals surface area contributed by atoms with Gasteiger partial charge in [-0.2, -0.15) is 5.10 Å². The van der Waals surface area contributed by atoms with E-state index in [1.165, 1.54) is 12.1 Å². The zero-order chi connectivity index (χ0) is 13.7. The third-order valence-corrected chi connectivity index (χ3v) is 2.74. The summed E-state index contributed by atoms with van der Waals surface area (Å²) in [6.45, 7) is 6.39. The number of rotatable bonds is 6. The first-order chi connectivity index (χ1) is 9.15. The van der Waals surface area contributed by atoms with Gasteiger partial charge in [-0.15, -0.1) is 0 Å². The molecule has 0 aliphatic carbocycles. The van der Waals surface area contributed by atoms with E-state index in [4.69, 9.17) is 0 Å². The lowest BCUT2D eigenvalue weighted by molar-refractivity contribution is 0.457. The maximum absolute atomic E-state index is 13.0. The van der Waals surface area contributed by atoms with Crippen LogP contribution in [0.5, 0.6) is 0 Å². The van der Waals surface area contributed by atoms with Crippen LogP contribution in [0.3, 0.4) is 0 Å². The molecule has 102 valence electrons. The molecule has 0 radical (unpaired) electrons. The lowest BCUT2D eigenvalue weighted by Crippen LogP contribution is -2.18. The first-order valence-corrected chi connectivity index (χ1v) is 6.47. The molecular formula is C14H19FN4. The summed E-state index contributed by atoms with van der Waals surface area (Å²) < 4.78 is 14.9. The third-order valence-electron chi connectivity index (χ3n) is 2.74. The Labute approximate surface area is 112 Å². The van der Waals surface area contributed by atoms with E-state index >= 15 is 0 Å². The van der Waals surface area contributed by atoms with Crippen molar-refractivity contribution >= 4 is 0 Å². The third kappa shape index (κ3) is 4.13. The highest BCUT2D eigenvalue weighted by atomic mass is 19.1. The van der Waals surface area contributed by atoms with Crippen LogP contribution in [0.2, 0.25) is 0 Å². The molecule has 1 heterocycles. The Morgan fingerprint density at radius 3 is 2.89 bits per heavy atom. The molecule has 1 aromatic carbocycles. The monoisotopic (exact) mass is 262 g/mol. The summed E-state index contributed by atoms with van der Waals surface area (Å²) in [6.07, 6.45) is 1.57. The predicted octanol–water partition coefficient (Wildman–Crippen LogP) is 2.36. The largest absolute Gasteiger partial charge is 0.306 e. The predicted molar refractivity (Wildman–Crippen MR) is 71.8 cm³/mol. The Hall–Kier alpha value is -1.75. The van der Waals surface area contributed by atoms with Crippen molar-refractivity contribution in [2.75, 3.05) is 0 Å². The first-order valence-electron chi connectivity index (χ1n) is 6.47. The van der Waals surface area contributed by atoms with E-state index in [2.05, 4.69) is 29.2 Å². The number of hydrogen-bond donors (Lipinski definition) is 1. The van der Waals surface area contributed by atoms with Gasteiger partial charge in [-0.25, -0.2) is 14.1 Å². The lowest BCUT2D eigenvalue weighted by atomic mass is 10.2. The number of nitrogens with zero attached hydrogens (tertiary/aromatic N) is 3. The van der Waals surface area contributed by atoms with E-state index in [1.807, 2.05) is 10.7 Å². The highest BCUT2D eigenvalue weighted by Crippen LogP contribution is 2.04. The normalized spacial score (nSPS) is 11.2. The van der Waals surface area contributed by atoms with Crippen molar-refractivity contribution in [1.82, 2.24) is 20.1 Å². The Bertz CT molecular complexity index is 522. The molecule has 0 fully saturated rings. The molecule has 0 aliphatic rings. The molecule has 0 saturated carbocycles. The van der Waals surface area contributed by atoms with Crippen LogP contribution in [0.1, 0.15) is 25.2 Å². The Balaban J connectivity index is 1.87. The van der Waals surface area contributed by atoms with Crippen LogP contribution in [0.25, 0.3) is 0 Å². The first kappa shape index (κ1) is 13.7. The average molecular weight is 262 g/mol. The molecule has 2 aromatic rings. The van der Waals surface area contributed by atoms with E-state index in [0.29, 0.717) is 19.0 Å². The van der Waals surface area contributed by atoms with Crippen LogP contribution >= 0.6 is 0 Å². The fraction of sp³-hybridized carbons (Fsp3) is 0.429. The van der Waals surface area contributed by atoms with Crippen LogP contribution in [0, 0.1) is 11.7 Å². The molecule has 4 nitrogen and oxygen atoms in total. The lowest BCUT2D eigenvalue weighted by Gasteiger charge is -2.09. The van der Waals surface area contributed by atoms with E-state index in [1.54, 1.807) is 12.4 Å². The molecule has 1 N–H and O–H groups in total. The highest BCUT2D eigenvalue weighted by molar-refractivity contribution is 5.15. The zero-order valence-corrected chi connectivity index (χ0v) is 11.3. The smallest absolute Gasteiger partial charge is 0.140 e. The van der Waals surface area contributed by atoms with Gasteiger partial charge >= 0.3 is 0 Å². The SMILES string of the molecule is CC(C)Cn1ncnc1CNCc1cccc(F)c1. The average Bonchev–Trinajstić information content (AvgIpc) is 2.76. The van der Waals surface area contributed by atoms with Crippen molar-refractivity contribution in [1.29, 1.82) is 0 Å². The van der Waals surface area contributed by atoms with Gasteiger partial charge in [0.25, 0.3) is 0 Å². The van der Waals surface area contributed by atoms with E-state index in [-0.39, 0.29) is 5.82 Å². The Morgan fingerprint density at radius 1 is 1.32 bits per heavy atom. The summed E-state index contributed by atoms with van der Waals surface area (Å²) in [5.41, 5.74) is 0.926. The van der Waals surface area contributed by atoms with Crippen LogP contribution in [-0.2, 0) is 19.6 Å². The van der Waals surface area contributed by atoms with E-state index < -0.39 is 0 Å². The molecule has 0 spiro atoms. The molecule has 0 unspecified atom stereocenters. The van der Waals surface area contributed by atoms with Gasteiger partial charge in [0.15, 0.2) is 0 Å². The van der Waals surface area contributed by atoms with Gasteiger partial charge in [0.1, 0.15) is 18.0 Å². The van der Waals surface area contributed by atoms with Gasteiger partial charge in [-0.05, 0) is 23.6 Å². The maximum Gasteiger partial charge on any atom is 0.140 e. The second-order valence-corrected chi connectivity index (χ2v) is 4.99. The summed E-state index contributed by atoms with van der Waals surface area (Å²) in [5.74, 6) is 1.23. The molecule has 0 saturated heterocycles. The second-order valence-electron chi connectivity index (χ2n) is 4.99. The molecule has 2 rings (SSSR count). The molecule has 0 bridgehead atoms. The minimum atomic E-state index is -0.206. The van der Waals surface area contributed by atoms with Gasteiger partial charge in [0, 0.05) is 13.1 Å². The fourth-order valence-corrected chi connectivity index (χ4v) is 1.89. The Kier molecular flexibility index (Phi) is 4.63. The van der Waals surface area contributed by atoms with Crippen molar-refractivity contribution in [3.63, 3.8) is 0 Å². The van der Waals surface area contributed by atoms with Crippen molar-refractivity contribution in [2.24, 2.45) is 5.92 Å². The number of aromatic nitrogens is 3. The maximum atomic E-state index is 13.0. The number of halogens is 1. The van der Waals surface area contributed by atoms with Crippen molar-refractivity contribution < 1.29 is 4.39 Å². The van der Waals surface area contributed by atoms with Crippen LogP contribution in [0.4, 0.5) is 4.39 Å². The van der Waals surface area contributed by atoms with Crippen molar-refractivity contribution in [3.8, 4) is 0 Å². The van der Waals surface area contributed by atoms with Gasteiger partial charge < -0.3 is 5.32 Å². The summed E-state index contributed by atoms with van der Waals surface area (Å²) in [5, 5.41) is 7.46. The van der Waals surface area contributed by atoms with E-state index in [0.717, 1.165) is 17.9 Å². The zero-order valence-electron chi connectivity index (χ0n) is 11.3. The summed E-state index contributed by atoms with van der Waals surface area (Å²) in [4.78, 5) is 4.23. The molecule has 0 aliphatic heterocycles.